The monoisotopic (exact) mass is 206 g/mol. The fourth-order valence-electron chi connectivity index (χ4n) is 1.38. The van der Waals surface area contributed by atoms with E-state index in [2.05, 4.69) is 13.5 Å². The molecule has 12 heavy (non-hydrogen) atoms. The molecule has 1 aliphatic rings. The quantitative estimate of drug-likeness (QED) is 0.688. The van der Waals surface area contributed by atoms with Gasteiger partial charge in [0.05, 0.1) is 0 Å². The van der Waals surface area contributed by atoms with Gasteiger partial charge in [0.25, 0.3) is 0 Å². The van der Waals surface area contributed by atoms with Crippen molar-refractivity contribution in [2.75, 3.05) is 6.61 Å². The molecule has 0 amide bonds. The lowest BCUT2D eigenvalue weighted by molar-refractivity contribution is 0.182. The van der Waals surface area contributed by atoms with E-state index in [1.54, 1.807) is 0 Å². The summed E-state index contributed by atoms with van der Waals surface area (Å²) in [5, 5.41) is 0. The molecule has 0 spiro atoms. The van der Waals surface area contributed by atoms with Crippen molar-refractivity contribution in [1.82, 2.24) is 0 Å². The minimum atomic E-state index is -1.93. The maximum absolute atomic E-state index is 9.61. The first kappa shape index (κ1) is 10.4. The average Bonchev–Trinajstić information content (AvgIpc) is 1.98. The van der Waals surface area contributed by atoms with Gasteiger partial charge in [0.15, 0.2) is 0 Å². The van der Waals surface area contributed by atoms with Gasteiger partial charge in [-0.25, -0.2) is 0 Å². The fourth-order valence-corrected chi connectivity index (χ4v) is 7.22. The predicted octanol–water partition coefficient (Wildman–Crippen LogP) is 1.12. The molecular weight excluding hydrogens is 188 g/mol. The molecule has 3 atom stereocenters. The van der Waals surface area contributed by atoms with Crippen LogP contribution < -0.4 is 0 Å². The first-order valence-electron chi connectivity index (χ1n) is 4.57. The van der Waals surface area contributed by atoms with Gasteiger partial charge < -0.3 is 13.3 Å². The normalized spacial score (nSPS) is 43.0. The summed E-state index contributed by atoms with van der Waals surface area (Å²) in [6.45, 7) is 6.88. The predicted molar refractivity (Wildman–Crippen MR) is 52.5 cm³/mol. The molecule has 1 heterocycles. The molecule has 5 heteroatoms. The lowest BCUT2D eigenvalue weighted by Crippen LogP contribution is -2.51. The zero-order chi connectivity index (χ0) is 9.19. The van der Waals surface area contributed by atoms with E-state index >= 15 is 0 Å². The third-order valence-corrected chi connectivity index (χ3v) is 8.52. The molecule has 0 saturated carbocycles. The van der Waals surface area contributed by atoms with Gasteiger partial charge in [-0.05, 0) is 12.6 Å². The van der Waals surface area contributed by atoms with E-state index in [1.165, 1.54) is 0 Å². The Morgan fingerprint density at radius 1 is 1.67 bits per heavy atom. The molecule has 1 rings (SSSR count). The van der Waals surface area contributed by atoms with Gasteiger partial charge in [-0.2, -0.15) is 0 Å². The maximum Gasteiger partial charge on any atom is 0.325 e. The lowest BCUT2D eigenvalue weighted by atomic mass is 10.5. The SMILES string of the molecule is CCC[Si]1(C)OCC(C)[SiH](O)O1. The Bertz CT molecular complexity index is 156. The van der Waals surface area contributed by atoms with Gasteiger partial charge in [0.1, 0.15) is 0 Å². The topological polar surface area (TPSA) is 38.7 Å². The van der Waals surface area contributed by atoms with Crippen molar-refractivity contribution in [2.24, 2.45) is 0 Å². The Kier molecular flexibility index (Phi) is 3.48. The van der Waals surface area contributed by atoms with Crippen molar-refractivity contribution in [3.05, 3.63) is 0 Å². The van der Waals surface area contributed by atoms with Crippen molar-refractivity contribution in [3.63, 3.8) is 0 Å². The van der Waals surface area contributed by atoms with Crippen LogP contribution in [0.3, 0.4) is 0 Å². The number of hydrogen-bond acceptors (Lipinski definition) is 3. The summed E-state index contributed by atoms with van der Waals surface area (Å²) in [6, 6.07) is 1.00. The van der Waals surface area contributed by atoms with Crippen molar-refractivity contribution >= 4 is 17.8 Å². The Morgan fingerprint density at radius 2 is 2.33 bits per heavy atom. The summed E-state index contributed by atoms with van der Waals surface area (Å²) in [6.07, 6.45) is 1.08. The second-order valence-corrected chi connectivity index (χ2v) is 9.60. The maximum atomic E-state index is 9.61. The zero-order valence-electron chi connectivity index (χ0n) is 8.04. The summed E-state index contributed by atoms with van der Waals surface area (Å²) in [5.74, 6) is 0. The third kappa shape index (κ3) is 2.40. The highest BCUT2D eigenvalue weighted by molar-refractivity contribution is 6.74. The minimum absolute atomic E-state index is 0.252. The molecule has 0 aromatic rings. The van der Waals surface area contributed by atoms with Crippen LogP contribution in [0.4, 0.5) is 0 Å². The highest BCUT2D eigenvalue weighted by Gasteiger charge is 2.40. The first-order chi connectivity index (χ1) is 5.57. The molecule has 0 bridgehead atoms. The van der Waals surface area contributed by atoms with Gasteiger partial charge >= 0.3 is 17.8 Å². The van der Waals surface area contributed by atoms with E-state index in [9.17, 15) is 4.80 Å². The molecular formula is C7H18O3Si2. The van der Waals surface area contributed by atoms with Gasteiger partial charge in [-0.1, -0.05) is 20.3 Å². The Hall–Kier alpha value is 0.314. The molecule has 1 saturated heterocycles. The zero-order valence-corrected chi connectivity index (χ0v) is 10.2. The molecule has 0 aromatic carbocycles. The van der Waals surface area contributed by atoms with Crippen molar-refractivity contribution in [1.29, 1.82) is 0 Å². The molecule has 1 aliphatic heterocycles. The standard InChI is InChI=1S/C7H18O3Si2/c1-4-5-12(3)9-6-7(2)11(8)10-12/h7-8,11H,4-6H2,1-3H3. The summed E-state index contributed by atoms with van der Waals surface area (Å²) < 4.78 is 11.3. The molecule has 0 radical (unpaired) electrons. The van der Waals surface area contributed by atoms with Gasteiger partial charge in [-0.3, -0.25) is 0 Å². The van der Waals surface area contributed by atoms with Crippen LogP contribution in [0.5, 0.6) is 0 Å². The molecule has 72 valence electrons. The largest absolute Gasteiger partial charge is 0.417 e. The molecule has 1 N–H and O–H groups in total. The van der Waals surface area contributed by atoms with Crippen LogP contribution >= 0.6 is 0 Å². The second-order valence-electron chi connectivity index (χ2n) is 3.68. The third-order valence-electron chi connectivity index (χ3n) is 2.21. The van der Waals surface area contributed by atoms with Gasteiger partial charge in [0.2, 0.25) is 0 Å². The lowest BCUT2D eigenvalue weighted by Gasteiger charge is -2.37. The summed E-state index contributed by atoms with van der Waals surface area (Å²) >= 11 is 0. The van der Waals surface area contributed by atoms with Crippen LogP contribution in [-0.2, 0) is 8.54 Å². The van der Waals surface area contributed by atoms with E-state index in [1.807, 2.05) is 6.92 Å². The molecule has 0 aromatic heterocycles. The van der Waals surface area contributed by atoms with E-state index in [0.717, 1.165) is 12.5 Å². The first-order valence-corrected chi connectivity index (χ1v) is 8.75. The van der Waals surface area contributed by atoms with Crippen LogP contribution in [0.15, 0.2) is 0 Å². The average molecular weight is 206 g/mol. The molecule has 3 unspecified atom stereocenters. The minimum Gasteiger partial charge on any atom is -0.417 e. The van der Waals surface area contributed by atoms with Gasteiger partial charge in [0, 0.05) is 12.1 Å². The second kappa shape index (κ2) is 4.01. The number of hydrogen-bond donors (Lipinski definition) is 1. The van der Waals surface area contributed by atoms with Crippen molar-refractivity contribution in [3.8, 4) is 0 Å². The Morgan fingerprint density at radius 3 is 2.83 bits per heavy atom. The van der Waals surface area contributed by atoms with E-state index in [0.29, 0.717) is 6.61 Å². The Labute approximate surface area is 76.8 Å². The van der Waals surface area contributed by atoms with Gasteiger partial charge in [-0.15, -0.1) is 0 Å². The van der Waals surface area contributed by atoms with Crippen LogP contribution in [0.2, 0.25) is 18.1 Å². The molecule has 3 nitrogen and oxygen atoms in total. The summed E-state index contributed by atoms with van der Waals surface area (Å²) in [7, 11) is -3.84. The van der Waals surface area contributed by atoms with Crippen LogP contribution in [-0.4, -0.2) is 29.2 Å². The summed E-state index contributed by atoms with van der Waals surface area (Å²) in [4.78, 5) is 9.61. The highest BCUT2D eigenvalue weighted by atomic mass is 28.4. The molecule has 1 fully saturated rings. The van der Waals surface area contributed by atoms with Crippen LogP contribution in [0, 0.1) is 0 Å². The molecule has 0 aliphatic carbocycles. The van der Waals surface area contributed by atoms with E-state index in [4.69, 9.17) is 8.54 Å². The Balaban J connectivity index is 2.48. The number of rotatable bonds is 2. The van der Waals surface area contributed by atoms with Crippen molar-refractivity contribution < 1.29 is 13.3 Å². The smallest absolute Gasteiger partial charge is 0.325 e. The van der Waals surface area contributed by atoms with Crippen LogP contribution in [0.1, 0.15) is 20.3 Å². The van der Waals surface area contributed by atoms with E-state index in [-0.39, 0.29) is 5.54 Å². The van der Waals surface area contributed by atoms with Crippen LogP contribution in [0.25, 0.3) is 0 Å². The highest BCUT2D eigenvalue weighted by Crippen LogP contribution is 2.26. The van der Waals surface area contributed by atoms with Crippen molar-refractivity contribution in [2.45, 2.75) is 38.4 Å². The summed E-state index contributed by atoms with van der Waals surface area (Å²) in [5.41, 5.74) is 0.252. The van der Waals surface area contributed by atoms with E-state index < -0.39 is 17.8 Å². The fraction of sp³-hybridized carbons (Fsp3) is 1.00.